The first-order chi connectivity index (χ1) is 28.9. The molecule has 0 radical (unpaired) electrons. The predicted molar refractivity (Wildman–Crippen MR) is 224 cm³/mol. The quantitative estimate of drug-likeness (QED) is 0.175. The van der Waals surface area contributed by atoms with Crippen LogP contribution in [0.15, 0.2) is 182 Å². The maximum absolute atomic E-state index is 8.95. The van der Waals surface area contributed by atoms with Crippen LogP contribution in [0, 0.1) is 0 Å². The Morgan fingerprint density at radius 2 is 1.09 bits per heavy atom. The summed E-state index contributed by atoms with van der Waals surface area (Å²) in [5.74, 6) is 0. The summed E-state index contributed by atoms with van der Waals surface area (Å²) in [6.45, 7) is 4.36. The van der Waals surface area contributed by atoms with Crippen molar-refractivity contribution in [3.63, 3.8) is 0 Å². The molecule has 0 atom stereocenters. The van der Waals surface area contributed by atoms with Gasteiger partial charge in [-0.05, 0) is 105 Å². The van der Waals surface area contributed by atoms with Crippen LogP contribution >= 0.6 is 0 Å². The molecule has 0 amide bonds. The molecule has 250 valence electrons. The molecule has 0 N–H and O–H groups in total. The van der Waals surface area contributed by atoms with E-state index in [2.05, 4.69) is 120 Å². The normalized spacial score (nSPS) is 15.1. The zero-order chi connectivity index (χ0) is 41.4. The van der Waals surface area contributed by atoms with Gasteiger partial charge in [0, 0.05) is 38.3 Å². The fourth-order valence-electron chi connectivity index (χ4n) is 8.82. The number of hydrogen-bond donors (Lipinski definition) is 0. The molecule has 11 rings (SSSR count). The minimum absolute atomic E-state index is 0.208. The average molecular weight is 684 g/mol. The summed E-state index contributed by atoms with van der Waals surface area (Å²) in [4.78, 5) is 0. The third kappa shape index (κ3) is 4.33. The molecule has 0 spiro atoms. The second kappa shape index (κ2) is 11.2. The van der Waals surface area contributed by atoms with Crippen LogP contribution < -0.4 is 0 Å². The Hall–Kier alpha value is -6.64. The zero-order valence-electron chi connectivity index (χ0n) is 36.2. The van der Waals surface area contributed by atoms with Crippen LogP contribution in [-0.4, -0.2) is 9.13 Å². The molecule has 0 unspecified atom stereocenters. The van der Waals surface area contributed by atoms with Gasteiger partial charge < -0.3 is 9.13 Å². The molecule has 0 saturated heterocycles. The highest BCUT2D eigenvalue weighted by atomic mass is 15.0. The van der Waals surface area contributed by atoms with Crippen LogP contribution in [0.5, 0.6) is 0 Å². The third-order valence-electron chi connectivity index (χ3n) is 11.3. The summed E-state index contributed by atoms with van der Waals surface area (Å²) in [6.07, 6.45) is 0. The van der Waals surface area contributed by atoms with Crippen LogP contribution in [0.1, 0.15) is 34.6 Å². The molecule has 10 aromatic rings. The summed E-state index contributed by atoms with van der Waals surface area (Å²) in [5, 5.41) is 3.98. The van der Waals surface area contributed by atoms with Crippen LogP contribution in [0.25, 0.3) is 88.4 Å². The maximum atomic E-state index is 8.95. The third-order valence-corrected chi connectivity index (χ3v) is 11.3. The van der Waals surface area contributed by atoms with Gasteiger partial charge in [0.2, 0.25) is 0 Å². The molecule has 0 bridgehead atoms. The first kappa shape index (κ1) is 23.8. The van der Waals surface area contributed by atoms with E-state index in [-0.39, 0.29) is 35.1 Å². The van der Waals surface area contributed by atoms with E-state index in [1.54, 1.807) is 6.07 Å². The van der Waals surface area contributed by atoms with E-state index >= 15 is 0 Å². The number of hydrogen-bond acceptors (Lipinski definition) is 0. The number of nitrogens with zero attached hydrogens (tertiary/aromatic N) is 2. The summed E-state index contributed by atoms with van der Waals surface area (Å²) in [6, 6.07) is 46.5. The van der Waals surface area contributed by atoms with Crippen molar-refractivity contribution in [2.75, 3.05) is 0 Å². The minimum Gasteiger partial charge on any atom is -0.309 e. The Labute approximate surface area is 318 Å². The molecule has 0 aliphatic heterocycles. The second-order valence-corrected chi connectivity index (χ2v) is 14.4. The molecule has 53 heavy (non-hydrogen) atoms. The second-order valence-electron chi connectivity index (χ2n) is 14.4. The number of aromatic nitrogens is 2. The molecule has 2 aromatic heterocycles. The molecule has 2 nitrogen and oxygen atoms in total. The minimum atomic E-state index is -0.402. The Morgan fingerprint density at radius 3 is 1.89 bits per heavy atom. The van der Waals surface area contributed by atoms with E-state index in [1.807, 2.05) is 36.4 Å². The van der Waals surface area contributed by atoms with Crippen molar-refractivity contribution in [1.29, 1.82) is 0 Å². The molecule has 2 heteroatoms. The van der Waals surface area contributed by atoms with Crippen molar-refractivity contribution in [3.05, 3.63) is 193 Å². The highest BCUT2D eigenvalue weighted by molar-refractivity contribution is 6.13. The van der Waals surface area contributed by atoms with Crippen molar-refractivity contribution in [2.24, 2.45) is 0 Å². The van der Waals surface area contributed by atoms with E-state index in [0.717, 1.165) is 88.4 Å². The van der Waals surface area contributed by atoms with Gasteiger partial charge in [0.25, 0.3) is 0 Å². The van der Waals surface area contributed by atoms with Crippen LogP contribution in [0.3, 0.4) is 0 Å². The van der Waals surface area contributed by atoms with Crippen LogP contribution in [0.2, 0.25) is 0 Å². The van der Waals surface area contributed by atoms with E-state index < -0.39 is 6.04 Å². The summed E-state index contributed by atoms with van der Waals surface area (Å²) < 4.78 is 64.7. The van der Waals surface area contributed by atoms with Crippen LogP contribution in [0.4, 0.5) is 0 Å². The SMILES string of the molecule is [2H]c1cc([2H])c2c3cc(-c4ccc5c(c4)c4ccccc4n5-c4ccc5c(c4)-c4c(-c6c([2H])c([2H])c([2H])c([2H])c6[2H])cccc4C5(C)C)ccc3n(-c3ccccc3)c2c1. The molecule has 0 saturated carbocycles. The van der Waals surface area contributed by atoms with E-state index in [9.17, 15) is 0 Å². The van der Waals surface area contributed by atoms with Crippen molar-refractivity contribution >= 4 is 43.6 Å². The van der Waals surface area contributed by atoms with E-state index in [1.165, 1.54) is 0 Å². The first-order valence-corrected chi connectivity index (χ1v) is 17.9. The summed E-state index contributed by atoms with van der Waals surface area (Å²) >= 11 is 0. The monoisotopic (exact) mass is 683 g/mol. The lowest BCUT2D eigenvalue weighted by Crippen LogP contribution is -2.15. The van der Waals surface area contributed by atoms with Gasteiger partial charge in [-0.25, -0.2) is 0 Å². The van der Waals surface area contributed by atoms with Gasteiger partial charge in [-0.2, -0.15) is 0 Å². The Balaban J connectivity index is 1.10. The molecular formula is C51H36N2. The lowest BCUT2D eigenvalue weighted by molar-refractivity contribution is 0.660. The lowest BCUT2D eigenvalue weighted by atomic mass is 9.82. The lowest BCUT2D eigenvalue weighted by Gasteiger charge is -2.22. The molecule has 1 aliphatic rings. The fourth-order valence-corrected chi connectivity index (χ4v) is 8.82. The van der Waals surface area contributed by atoms with Gasteiger partial charge in [0.1, 0.15) is 0 Å². The maximum Gasteiger partial charge on any atom is 0.0630 e. The van der Waals surface area contributed by atoms with Gasteiger partial charge in [-0.15, -0.1) is 0 Å². The Bertz CT molecular complexity index is 3460. The molecular weight excluding hydrogens is 641 g/mol. The Morgan fingerprint density at radius 1 is 0.415 bits per heavy atom. The standard InChI is InChI=1S/C51H36N2/c1-51(2)44-27-26-37(32-43(44)50-38(20-13-21-45(50)51)33-14-5-3-6-15-33)53-47-23-12-10-19-40(47)42-31-35(25-29-49(42)53)34-24-28-48-41(30-34)39-18-9-11-22-46(39)52(48)36-16-7-4-8-17-36/h3-32H,1-2H3/i3D,5D,6D,11D,14D,15D,18D. The number of para-hydroxylation sites is 3. The first-order valence-electron chi connectivity index (χ1n) is 21.4. The van der Waals surface area contributed by atoms with E-state index in [4.69, 9.17) is 9.60 Å². The number of rotatable bonds is 4. The molecule has 8 aromatic carbocycles. The van der Waals surface area contributed by atoms with E-state index in [0.29, 0.717) is 17.6 Å². The summed E-state index contributed by atoms with van der Waals surface area (Å²) in [7, 11) is 0. The van der Waals surface area contributed by atoms with Crippen molar-refractivity contribution in [2.45, 2.75) is 19.3 Å². The smallest absolute Gasteiger partial charge is 0.0630 e. The van der Waals surface area contributed by atoms with Crippen LogP contribution in [-0.2, 0) is 5.41 Å². The molecule has 1 aliphatic carbocycles. The van der Waals surface area contributed by atoms with Gasteiger partial charge >= 0.3 is 0 Å². The highest BCUT2D eigenvalue weighted by Crippen LogP contribution is 2.53. The fraction of sp³-hybridized carbons (Fsp3) is 0.0588. The zero-order valence-corrected chi connectivity index (χ0v) is 29.2. The topological polar surface area (TPSA) is 9.86 Å². The molecule has 2 heterocycles. The average Bonchev–Trinajstić information content (AvgIpc) is 3.85. The van der Waals surface area contributed by atoms with Crippen molar-refractivity contribution < 1.29 is 9.60 Å². The largest absolute Gasteiger partial charge is 0.309 e. The highest BCUT2D eigenvalue weighted by Gasteiger charge is 2.37. The molecule has 0 fully saturated rings. The predicted octanol–water partition coefficient (Wildman–Crippen LogP) is 13.5. The van der Waals surface area contributed by atoms with Gasteiger partial charge in [-0.3, -0.25) is 0 Å². The van der Waals surface area contributed by atoms with Gasteiger partial charge in [0.15, 0.2) is 0 Å². The Kier molecular flexibility index (Phi) is 5.01. The number of benzene rings is 8. The van der Waals surface area contributed by atoms with Gasteiger partial charge in [0.05, 0.1) is 31.7 Å². The summed E-state index contributed by atoms with van der Waals surface area (Å²) in [5.41, 5.74) is 12.4. The van der Waals surface area contributed by atoms with Gasteiger partial charge in [-0.1, -0.05) is 135 Å². The van der Waals surface area contributed by atoms with Crippen molar-refractivity contribution in [3.8, 4) is 44.8 Å². The number of fused-ring (bicyclic) bond motifs is 9. The van der Waals surface area contributed by atoms with Crippen molar-refractivity contribution in [1.82, 2.24) is 9.13 Å².